The van der Waals surface area contributed by atoms with Gasteiger partial charge in [0.05, 0.1) is 0 Å². The van der Waals surface area contributed by atoms with Gasteiger partial charge in [-0.3, -0.25) is 0 Å². The number of rotatable bonds is 3. The second-order valence-electron chi connectivity index (χ2n) is 2.15. The average Bonchev–Trinajstić information content (AvgIpc) is 1.80. The zero-order chi connectivity index (χ0) is 8.20. The number of halogens is 4. The van der Waals surface area contributed by atoms with Crippen molar-refractivity contribution in [1.29, 1.82) is 0 Å². The summed E-state index contributed by atoms with van der Waals surface area (Å²) < 4.78 is -0.137. The summed E-state index contributed by atoms with van der Waals surface area (Å²) in [5, 5.41) is 0. The monoisotopic (exact) mass is 398 g/mol. The lowest BCUT2D eigenvalue weighted by molar-refractivity contribution is 0.712. The Bertz CT molecular complexity index is 86.2. The number of alkyl halides is 4. The normalized spacial score (nSPS) is 15.3. The van der Waals surface area contributed by atoms with Gasteiger partial charge < -0.3 is 0 Å². The molecule has 0 aromatic rings. The number of unbranched alkanes of at least 4 members (excludes halogenated alkanes) is 1. The van der Waals surface area contributed by atoms with Gasteiger partial charge >= 0.3 is 0 Å². The van der Waals surface area contributed by atoms with Crippen LogP contribution in [-0.2, 0) is 0 Å². The third-order valence-corrected chi connectivity index (χ3v) is 5.81. The Morgan fingerprint density at radius 1 is 1.30 bits per heavy atom. The highest BCUT2D eigenvalue weighted by molar-refractivity contribution is 9.40. The van der Waals surface area contributed by atoms with Gasteiger partial charge in [-0.1, -0.05) is 83.5 Å². The molecule has 0 rings (SSSR count). The summed E-state index contributed by atoms with van der Waals surface area (Å²) in [6, 6.07) is 0. The lowest BCUT2D eigenvalue weighted by Gasteiger charge is -2.18. The Kier molecular flexibility index (Phi) is 6.61. The molecule has 0 aliphatic rings. The Morgan fingerprint density at radius 2 is 1.80 bits per heavy atom. The zero-order valence-corrected chi connectivity index (χ0v) is 12.1. The second kappa shape index (κ2) is 5.55. The summed E-state index contributed by atoms with van der Waals surface area (Å²) in [6.45, 7) is 2.19. The van der Waals surface area contributed by atoms with Gasteiger partial charge in [0.25, 0.3) is 0 Å². The molecule has 4 heteroatoms. The molecule has 0 fully saturated rings. The molecule has 0 aromatic carbocycles. The van der Waals surface area contributed by atoms with Crippen LogP contribution in [0.5, 0.6) is 0 Å². The van der Waals surface area contributed by atoms with E-state index in [9.17, 15) is 0 Å². The molecule has 0 amide bonds. The fourth-order valence-corrected chi connectivity index (χ4v) is 1.56. The molecule has 0 radical (unpaired) electrons. The molecule has 0 spiro atoms. The maximum atomic E-state index is 3.56. The molecule has 62 valence electrons. The highest BCUT2D eigenvalue weighted by Gasteiger charge is 2.27. The molecule has 0 saturated carbocycles. The second-order valence-corrected chi connectivity index (χ2v) is 10.2. The average molecular weight is 402 g/mol. The van der Waals surface area contributed by atoms with Gasteiger partial charge in [-0.25, -0.2) is 0 Å². The molecule has 0 nitrogen and oxygen atoms in total. The third-order valence-electron chi connectivity index (χ3n) is 1.17. The van der Waals surface area contributed by atoms with Crippen molar-refractivity contribution in [3.8, 4) is 0 Å². The fraction of sp³-hybridized carbons (Fsp3) is 1.00. The van der Waals surface area contributed by atoms with Gasteiger partial charge in [-0.05, 0) is 6.42 Å². The SMILES string of the molecule is CCCCC(Br)C(Br)(Br)Br. The van der Waals surface area contributed by atoms with Gasteiger partial charge in [0, 0.05) is 4.83 Å². The van der Waals surface area contributed by atoms with Crippen LogP contribution in [0.4, 0.5) is 0 Å². The fourth-order valence-electron chi connectivity index (χ4n) is 0.547. The van der Waals surface area contributed by atoms with Crippen LogP contribution in [0.3, 0.4) is 0 Å². The van der Waals surface area contributed by atoms with Gasteiger partial charge in [-0.2, -0.15) is 0 Å². The highest BCUT2D eigenvalue weighted by Crippen LogP contribution is 2.42. The van der Waals surface area contributed by atoms with Crippen molar-refractivity contribution in [2.24, 2.45) is 0 Å². The minimum Gasteiger partial charge on any atom is -0.0857 e. The standard InChI is InChI=1S/C6H10Br4/c1-2-3-4-5(7)6(8,9)10/h5H,2-4H2,1H3. The summed E-state index contributed by atoms with van der Waals surface area (Å²) in [6.07, 6.45) is 3.66. The molecular formula is C6H10Br4. The van der Waals surface area contributed by atoms with E-state index in [2.05, 4.69) is 70.6 Å². The molecular weight excluding hydrogens is 392 g/mol. The first kappa shape index (κ1) is 11.9. The van der Waals surface area contributed by atoms with Crippen LogP contribution in [0.15, 0.2) is 0 Å². The van der Waals surface area contributed by atoms with Crippen molar-refractivity contribution < 1.29 is 0 Å². The van der Waals surface area contributed by atoms with Crippen molar-refractivity contribution in [1.82, 2.24) is 0 Å². The largest absolute Gasteiger partial charge is 0.147 e. The summed E-state index contributed by atoms with van der Waals surface area (Å²) in [4.78, 5) is 0.431. The summed E-state index contributed by atoms with van der Waals surface area (Å²) in [5.41, 5.74) is 0. The number of hydrogen-bond donors (Lipinski definition) is 0. The molecule has 0 aliphatic heterocycles. The van der Waals surface area contributed by atoms with Crippen LogP contribution in [-0.4, -0.2) is 6.97 Å². The van der Waals surface area contributed by atoms with Crippen LogP contribution in [0.25, 0.3) is 0 Å². The lowest BCUT2D eigenvalue weighted by Crippen LogP contribution is -2.16. The summed E-state index contributed by atoms with van der Waals surface area (Å²) in [5.74, 6) is 0. The quantitative estimate of drug-likeness (QED) is 0.597. The van der Waals surface area contributed by atoms with E-state index in [1.54, 1.807) is 0 Å². The Labute approximate surface area is 96.0 Å². The molecule has 0 N–H and O–H groups in total. The van der Waals surface area contributed by atoms with Crippen molar-refractivity contribution in [3.63, 3.8) is 0 Å². The highest BCUT2D eigenvalue weighted by atomic mass is 80.0. The minimum atomic E-state index is -0.137. The van der Waals surface area contributed by atoms with E-state index in [0.717, 1.165) is 6.42 Å². The zero-order valence-electron chi connectivity index (χ0n) is 5.71. The maximum Gasteiger partial charge on any atom is 0.147 e. The van der Waals surface area contributed by atoms with E-state index in [1.165, 1.54) is 12.8 Å². The Morgan fingerprint density at radius 3 is 2.10 bits per heavy atom. The molecule has 0 aliphatic carbocycles. The lowest BCUT2D eigenvalue weighted by atomic mass is 10.2. The predicted octanol–water partition coefficient (Wildman–Crippen LogP) is 4.78. The van der Waals surface area contributed by atoms with E-state index in [1.807, 2.05) is 0 Å². The first-order valence-electron chi connectivity index (χ1n) is 3.19. The maximum absolute atomic E-state index is 3.56. The molecule has 0 bridgehead atoms. The molecule has 10 heavy (non-hydrogen) atoms. The van der Waals surface area contributed by atoms with E-state index in [-0.39, 0.29) is 2.14 Å². The topological polar surface area (TPSA) is 0 Å². The van der Waals surface area contributed by atoms with E-state index < -0.39 is 0 Å². The minimum absolute atomic E-state index is 0.137. The van der Waals surface area contributed by atoms with Crippen LogP contribution < -0.4 is 0 Å². The van der Waals surface area contributed by atoms with Crippen LogP contribution in [0.2, 0.25) is 0 Å². The Hall–Kier alpha value is 1.92. The molecule has 0 aromatic heterocycles. The first-order valence-corrected chi connectivity index (χ1v) is 6.48. The predicted molar refractivity (Wildman–Crippen MR) is 61.8 cm³/mol. The molecule has 0 heterocycles. The van der Waals surface area contributed by atoms with Crippen molar-refractivity contribution in [3.05, 3.63) is 0 Å². The van der Waals surface area contributed by atoms with Crippen LogP contribution >= 0.6 is 63.7 Å². The Balaban J connectivity index is 3.52. The summed E-state index contributed by atoms with van der Waals surface area (Å²) in [7, 11) is 0. The van der Waals surface area contributed by atoms with Gasteiger partial charge in [0.2, 0.25) is 0 Å². The van der Waals surface area contributed by atoms with E-state index in [4.69, 9.17) is 0 Å². The smallest absolute Gasteiger partial charge is 0.0857 e. The number of hydrogen-bond acceptors (Lipinski definition) is 0. The van der Waals surface area contributed by atoms with Crippen LogP contribution in [0.1, 0.15) is 26.2 Å². The molecule has 1 atom stereocenters. The van der Waals surface area contributed by atoms with Gasteiger partial charge in [0.1, 0.15) is 2.14 Å². The third kappa shape index (κ3) is 5.56. The van der Waals surface area contributed by atoms with Gasteiger partial charge in [0.15, 0.2) is 0 Å². The molecule has 0 saturated heterocycles. The molecule has 1 unspecified atom stereocenters. The van der Waals surface area contributed by atoms with Crippen LogP contribution in [0, 0.1) is 0 Å². The van der Waals surface area contributed by atoms with Crippen molar-refractivity contribution in [2.75, 3.05) is 0 Å². The van der Waals surface area contributed by atoms with Gasteiger partial charge in [-0.15, -0.1) is 0 Å². The van der Waals surface area contributed by atoms with E-state index >= 15 is 0 Å². The summed E-state index contributed by atoms with van der Waals surface area (Å²) >= 11 is 13.9. The van der Waals surface area contributed by atoms with E-state index in [0.29, 0.717) is 4.83 Å². The van der Waals surface area contributed by atoms with Crippen molar-refractivity contribution in [2.45, 2.75) is 33.2 Å². The first-order chi connectivity index (χ1) is 4.48. The van der Waals surface area contributed by atoms with Crippen molar-refractivity contribution >= 4 is 63.7 Å².